The van der Waals surface area contributed by atoms with Crippen molar-refractivity contribution in [3.05, 3.63) is 46.3 Å². The smallest absolute Gasteiger partial charge is 0.322 e. The Hall–Kier alpha value is -2.08. The molecule has 0 unspecified atom stereocenters. The van der Waals surface area contributed by atoms with E-state index in [9.17, 15) is 9.59 Å². The Morgan fingerprint density at radius 3 is 2.91 bits per heavy atom. The molecule has 0 saturated carbocycles. The van der Waals surface area contributed by atoms with E-state index >= 15 is 0 Å². The summed E-state index contributed by atoms with van der Waals surface area (Å²) in [7, 11) is 0. The van der Waals surface area contributed by atoms with E-state index in [1.807, 2.05) is 28.7 Å². The Morgan fingerprint density at radius 1 is 1.52 bits per heavy atom. The molecule has 2 atom stereocenters. The number of rotatable bonds is 5. The lowest BCUT2D eigenvalue weighted by atomic mass is 9.98. The van der Waals surface area contributed by atoms with Gasteiger partial charge >= 0.3 is 6.03 Å². The van der Waals surface area contributed by atoms with Crippen LogP contribution in [0.3, 0.4) is 0 Å². The number of carbonyl (C=O) groups excluding carboxylic acids is 2. The average Bonchev–Trinajstić information content (AvgIpc) is 3.18. The van der Waals surface area contributed by atoms with E-state index in [0.29, 0.717) is 18.7 Å². The molecule has 2 aliphatic rings. The summed E-state index contributed by atoms with van der Waals surface area (Å²) in [6, 6.07) is 1.59. The number of amides is 3. The highest BCUT2D eigenvalue weighted by atomic mass is 32.1. The number of thiophene rings is 1. The van der Waals surface area contributed by atoms with Crippen molar-refractivity contribution in [1.29, 1.82) is 0 Å². The van der Waals surface area contributed by atoms with Crippen LogP contribution >= 0.6 is 11.3 Å². The van der Waals surface area contributed by atoms with Crippen molar-refractivity contribution in [1.82, 2.24) is 15.1 Å². The second-order valence-corrected chi connectivity index (χ2v) is 6.67. The third-order valence-electron chi connectivity index (χ3n) is 4.56. The van der Waals surface area contributed by atoms with E-state index in [1.54, 1.807) is 22.3 Å². The topological polar surface area (TPSA) is 52.7 Å². The number of nitrogens with one attached hydrogen (secondary N) is 1. The fourth-order valence-electron chi connectivity index (χ4n) is 3.10. The standard InChI is InChI=1S/C17H21N3O2S/c1-4-7-19-13-9-20(11(3)5-2)16(21)14(13)15(18-17(19)22)12-6-8-23-10-12/h4,6,8,10-11,15H,1,5,7,9H2,2-3H3,(H,18,22)/t11-,15+/m0/s1. The zero-order valence-corrected chi connectivity index (χ0v) is 14.2. The number of nitrogens with zero attached hydrogens (tertiary/aromatic N) is 2. The molecule has 0 saturated heterocycles. The van der Waals surface area contributed by atoms with Crippen LogP contribution in [0.4, 0.5) is 4.79 Å². The third kappa shape index (κ3) is 2.57. The van der Waals surface area contributed by atoms with Crippen LogP contribution in [-0.4, -0.2) is 40.9 Å². The van der Waals surface area contributed by atoms with Gasteiger partial charge in [-0.2, -0.15) is 11.3 Å². The first kappa shape index (κ1) is 15.8. The fraction of sp³-hybridized carbons (Fsp3) is 0.412. The lowest BCUT2D eigenvalue weighted by Crippen LogP contribution is -2.47. The molecule has 0 bridgehead atoms. The monoisotopic (exact) mass is 331 g/mol. The molecule has 1 aromatic rings. The van der Waals surface area contributed by atoms with Gasteiger partial charge in [0.2, 0.25) is 0 Å². The molecule has 6 heteroatoms. The average molecular weight is 331 g/mol. The lowest BCUT2D eigenvalue weighted by Gasteiger charge is -2.32. The molecule has 1 N–H and O–H groups in total. The highest BCUT2D eigenvalue weighted by Crippen LogP contribution is 2.37. The minimum Gasteiger partial charge on any atom is -0.330 e. The summed E-state index contributed by atoms with van der Waals surface area (Å²) in [4.78, 5) is 29.0. The summed E-state index contributed by atoms with van der Waals surface area (Å²) in [6.07, 6.45) is 2.57. The third-order valence-corrected chi connectivity index (χ3v) is 5.26. The van der Waals surface area contributed by atoms with Crippen LogP contribution in [0.15, 0.2) is 40.8 Å². The molecule has 5 nitrogen and oxygen atoms in total. The van der Waals surface area contributed by atoms with Crippen molar-refractivity contribution in [3.63, 3.8) is 0 Å². The SMILES string of the molecule is C=CCN1C(=O)N[C@H](c2ccsc2)C2=C1CN([C@@H](C)CC)C2=O. The first-order chi connectivity index (χ1) is 11.1. The number of carbonyl (C=O) groups is 2. The Balaban J connectivity index is 2.04. The number of hydrogen-bond acceptors (Lipinski definition) is 3. The molecule has 1 aromatic heterocycles. The van der Waals surface area contributed by atoms with Crippen molar-refractivity contribution in [3.8, 4) is 0 Å². The van der Waals surface area contributed by atoms with E-state index in [2.05, 4.69) is 18.8 Å². The summed E-state index contributed by atoms with van der Waals surface area (Å²) in [5.41, 5.74) is 2.48. The molecule has 3 heterocycles. The van der Waals surface area contributed by atoms with Gasteiger partial charge in [0.05, 0.1) is 23.9 Å². The summed E-state index contributed by atoms with van der Waals surface area (Å²) in [5, 5.41) is 6.92. The van der Waals surface area contributed by atoms with E-state index in [-0.39, 0.29) is 24.0 Å². The molecule has 2 aliphatic heterocycles. The quantitative estimate of drug-likeness (QED) is 0.844. The summed E-state index contributed by atoms with van der Waals surface area (Å²) in [5.74, 6) is 0.0274. The first-order valence-corrected chi connectivity index (χ1v) is 8.77. The van der Waals surface area contributed by atoms with Gasteiger partial charge in [-0.15, -0.1) is 6.58 Å². The molecule has 3 amide bonds. The largest absolute Gasteiger partial charge is 0.330 e. The van der Waals surface area contributed by atoms with Crippen molar-refractivity contribution in [2.24, 2.45) is 0 Å². The van der Waals surface area contributed by atoms with Gasteiger partial charge in [0, 0.05) is 12.6 Å². The van der Waals surface area contributed by atoms with Gasteiger partial charge in [0.15, 0.2) is 0 Å². The van der Waals surface area contributed by atoms with Crippen LogP contribution in [0, 0.1) is 0 Å². The summed E-state index contributed by atoms with van der Waals surface area (Å²) in [6.45, 7) is 8.73. The van der Waals surface area contributed by atoms with Crippen molar-refractivity contribution >= 4 is 23.3 Å². The van der Waals surface area contributed by atoms with E-state index in [0.717, 1.165) is 17.7 Å². The Bertz CT molecular complexity index is 665. The van der Waals surface area contributed by atoms with Crippen LogP contribution in [0.1, 0.15) is 31.9 Å². The second kappa shape index (κ2) is 6.20. The normalized spacial score (nSPS) is 22.3. The highest BCUT2D eigenvalue weighted by molar-refractivity contribution is 7.08. The van der Waals surface area contributed by atoms with Gasteiger partial charge in [-0.25, -0.2) is 4.79 Å². The van der Waals surface area contributed by atoms with E-state index < -0.39 is 0 Å². The molecular weight excluding hydrogens is 310 g/mol. The minimum absolute atomic E-state index is 0.0274. The predicted octanol–water partition coefficient (Wildman–Crippen LogP) is 2.90. The molecule has 0 fully saturated rings. The fourth-order valence-corrected chi connectivity index (χ4v) is 3.79. The molecular formula is C17H21N3O2S. The molecule has 23 heavy (non-hydrogen) atoms. The van der Waals surface area contributed by atoms with E-state index in [1.165, 1.54) is 0 Å². The molecule has 0 spiro atoms. The predicted molar refractivity (Wildman–Crippen MR) is 91.0 cm³/mol. The van der Waals surface area contributed by atoms with Gasteiger partial charge in [0.1, 0.15) is 0 Å². The van der Waals surface area contributed by atoms with Crippen LogP contribution in [0.5, 0.6) is 0 Å². The lowest BCUT2D eigenvalue weighted by molar-refractivity contribution is -0.127. The molecule has 3 rings (SSSR count). The molecule has 0 aromatic carbocycles. The van der Waals surface area contributed by atoms with Gasteiger partial charge in [-0.3, -0.25) is 9.69 Å². The number of urea groups is 1. The van der Waals surface area contributed by atoms with Crippen LogP contribution < -0.4 is 5.32 Å². The molecule has 0 radical (unpaired) electrons. The maximum Gasteiger partial charge on any atom is 0.322 e. The Kier molecular flexibility index (Phi) is 4.26. The van der Waals surface area contributed by atoms with Crippen LogP contribution in [-0.2, 0) is 4.79 Å². The minimum atomic E-state index is -0.355. The Morgan fingerprint density at radius 2 is 2.30 bits per heavy atom. The van der Waals surface area contributed by atoms with Gasteiger partial charge in [-0.05, 0) is 35.7 Å². The second-order valence-electron chi connectivity index (χ2n) is 5.89. The van der Waals surface area contributed by atoms with Gasteiger partial charge in [0.25, 0.3) is 5.91 Å². The van der Waals surface area contributed by atoms with Crippen LogP contribution in [0.2, 0.25) is 0 Å². The highest BCUT2D eigenvalue weighted by Gasteiger charge is 2.44. The van der Waals surface area contributed by atoms with Gasteiger partial charge < -0.3 is 10.2 Å². The van der Waals surface area contributed by atoms with Crippen LogP contribution in [0.25, 0.3) is 0 Å². The maximum atomic E-state index is 13.0. The first-order valence-electron chi connectivity index (χ1n) is 7.83. The van der Waals surface area contributed by atoms with E-state index in [4.69, 9.17) is 0 Å². The number of hydrogen-bond donors (Lipinski definition) is 1. The maximum absolute atomic E-state index is 13.0. The summed E-state index contributed by atoms with van der Waals surface area (Å²) < 4.78 is 0. The van der Waals surface area contributed by atoms with Crippen molar-refractivity contribution in [2.45, 2.75) is 32.4 Å². The van der Waals surface area contributed by atoms with Crippen molar-refractivity contribution in [2.75, 3.05) is 13.1 Å². The molecule has 122 valence electrons. The Labute approximate surface area is 140 Å². The summed E-state index contributed by atoms with van der Waals surface area (Å²) >= 11 is 1.56. The van der Waals surface area contributed by atoms with Crippen molar-refractivity contribution < 1.29 is 9.59 Å². The molecule has 0 aliphatic carbocycles. The zero-order chi connectivity index (χ0) is 16.6. The van der Waals surface area contributed by atoms with Gasteiger partial charge in [-0.1, -0.05) is 13.0 Å². The zero-order valence-electron chi connectivity index (χ0n) is 13.4.